The van der Waals surface area contributed by atoms with Crippen LogP contribution in [0.4, 0.5) is 0 Å². The second kappa shape index (κ2) is 6.17. The Hall–Kier alpha value is -1.87. The number of benzene rings is 1. The lowest BCUT2D eigenvalue weighted by Gasteiger charge is -2.10. The summed E-state index contributed by atoms with van der Waals surface area (Å²) in [7, 11) is 1.94. The van der Waals surface area contributed by atoms with Gasteiger partial charge in [-0.2, -0.15) is 0 Å². The molecule has 0 aliphatic carbocycles. The second-order valence-electron chi connectivity index (χ2n) is 4.09. The molecule has 0 aliphatic heterocycles. The van der Waals surface area contributed by atoms with Crippen LogP contribution >= 0.6 is 0 Å². The first kappa shape index (κ1) is 12.6. The predicted molar refractivity (Wildman–Crippen MR) is 74.8 cm³/mol. The zero-order chi connectivity index (χ0) is 12.8. The highest BCUT2D eigenvalue weighted by Crippen LogP contribution is 2.22. The van der Waals surface area contributed by atoms with E-state index in [-0.39, 0.29) is 0 Å². The van der Waals surface area contributed by atoms with E-state index in [0.717, 1.165) is 18.5 Å². The van der Waals surface area contributed by atoms with Gasteiger partial charge < -0.3 is 10.1 Å². The number of nitrogens with zero attached hydrogens (tertiary/aromatic N) is 1. The molecule has 0 atom stereocenters. The van der Waals surface area contributed by atoms with Crippen molar-refractivity contribution in [1.82, 2.24) is 10.3 Å². The summed E-state index contributed by atoms with van der Waals surface area (Å²) in [6.45, 7) is 5.10. The molecule has 3 heteroatoms. The van der Waals surface area contributed by atoms with Crippen LogP contribution < -0.4 is 10.1 Å². The Kier molecular flexibility index (Phi) is 4.31. The Morgan fingerprint density at radius 3 is 3.00 bits per heavy atom. The normalized spacial score (nSPS) is 10.5. The number of hydrogen-bond donors (Lipinski definition) is 1. The molecule has 94 valence electrons. The molecule has 1 aromatic carbocycles. The van der Waals surface area contributed by atoms with Crippen molar-refractivity contribution in [3.05, 3.63) is 48.6 Å². The molecule has 0 amide bonds. The number of nitrogens with one attached hydrogen (secondary N) is 1. The summed E-state index contributed by atoms with van der Waals surface area (Å²) in [5.74, 6) is 0.681. The molecule has 0 saturated carbocycles. The number of fused-ring (bicyclic) bond motifs is 1. The maximum Gasteiger partial charge on any atom is 0.214 e. The van der Waals surface area contributed by atoms with E-state index >= 15 is 0 Å². The van der Waals surface area contributed by atoms with Gasteiger partial charge in [0.15, 0.2) is 0 Å². The highest BCUT2D eigenvalue weighted by Gasteiger charge is 2.05. The Morgan fingerprint density at radius 2 is 2.22 bits per heavy atom. The van der Waals surface area contributed by atoms with Crippen molar-refractivity contribution in [2.45, 2.75) is 13.0 Å². The molecule has 1 N–H and O–H groups in total. The van der Waals surface area contributed by atoms with Crippen LogP contribution in [0.2, 0.25) is 0 Å². The summed E-state index contributed by atoms with van der Waals surface area (Å²) in [5.41, 5.74) is 2.18. The van der Waals surface area contributed by atoms with E-state index in [4.69, 9.17) is 4.74 Å². The SMILES string of the molecule is C=CCCOc1cc(CNC)c2ccccc2n1. The average molecular weight is 242 g/mol. The van der Waals surface area contributed by atoms with Crippen molar-refractivity contribution in [3.63, 3.8) is 0 Å². The van der Waals surface area contributed by atoms with Crippen LogP contribution in [0.1, 0.15) is 12.0 Å². The summed E-state index contributed by atoms with van der Waals surface area (Å²) < 4.78 is 5.63. The van der Waals surface area contributed by atoms with Crippen molar-refractivity contribution >= 4 is 10.9 Å². The summed E-state index contributed by atoms with van der Waals surface area (Å²) >= 11 is 0. The smallest absolute Gasteiger partial charge is 0.214 e. The van der Waals surface area contributed by atoms with Crippen molar-refractivity contribution in [2.75, 3.05) is 13.7 Å². The van der Waals surface area contributed by atoms with Gasteiger partial charge in [-0.25, -0.2) is 4.98 Å². The first-order valence-electron chi connectivity index (χ1n) is 6.12. The monoisotopic (exact) mass is 242 g/mol. The van der Waals surface area contributed by atoms with E-state index in [1.807, 2.05) is 37.4 Å². The maximum atomic E-state index is 5.63. The number of hydrogen-bond acceptors (Lipinski definition) is 3. The first-order chi connectivity index (χ1) is 8.85. The molecule has 0 radical (unpaired) electrons. The lowest BCUT2D eigenvalue weighted by atomic mass is 10.1. The summed E-state index contributed by atoms with van der Waals surface area (Å²) in [4.78, 5) is 4.51. The van der Waals surface area contributed by atoms with E-state index in [2.05, 4.69) is 22.9 Å². The van der Waals surface area contributed by atoms with Crippen molar-refractivity contribution < 1.29 is 4.74 Å². The minimum Gasteiger partial charge on any atom is -0.477 e. The van der Waals surface area contributed by atoms with E-state index in [1.165, 1.54) is 10.9 Å². The summed E-state index contributed by atoms with van der Waals surface area (Å²) in [5, 5.41) is 4.34. The van der Waals surface area contributed by atoms with Crippen molar-refractivity contribution in [1.29, 1.82) is 0 Å². The molecule has 2 aromatic rings. The fraction of sp³-hybridized carbons (Fsp3) is 0.267. The standard InChI is InChI=1S/C15H18N2O/c1-3-4-9-18-15-10-12(11-16-2)13-7-5-6-8-14(13)17-15/h3,5-8,10,16H,1,4,9,11H2,2H3. The maximum absolute atomic E-state index is 5.63. The van der Waals surface area contributed by atoms with Crippen LogP contribution in [0, 0.1) is 0 Å². The number of ether oxygens (including phenoxy) is 1. The fourth-order valence-electron chi connectivity index (χ4n) is 1.88. The zero-order valence-corrected chi connectivity index (χ0v) is 10.6. The molecule has 3 nitrogen and oxygen atoms in total. The summed E-state index contributed by atoms with van der Waals surface area (Å²) in [6, 6.07) is 10.1. The Balaban J connectivity index is 2.34. The van der Waals surface area contributed by atoms with Crippen molar-refractivity contribution in [3.8, 4) is 5.88 Å². The molecular formula is C15H18N2O. The van der Waals surface area contributed by atoms with Crippen molar-refractivity contribution in [2.24, 2.45) is 0 Å². The Bertz CT molecular complexity index is 537. The molecular weight excluding hydrogens is 224 g/mol. The molecule has 0 saturated heterocycles. The minimum atomic E-state index is 0.619. The van der Waals surface area contributed by atoms with E-state index in [0.29, 0.717) is 12.5 Å². The van der Waals surface area contributed by atoms with Gasteiger partial charge in [0.2, 0.25) is 5.88 Å². The van der Waals surface area contributed by atoms with E-state index < -0.39 is 0 Å². The third kappa shape index (κ3) is 2.87. The molecule has 0 unspecified atom stereocenters. The quantitative estimate of drug-likeness (QED) is 0.624. The van der Waals surface area contributed by atoms with Crippen LogP contribution in [0.25, 0.3) is 10.9 Å². The largest absolute Gasteiger partial charge is 0.477 e. The van der Waals surface area contributed by atoms with Gasteiger partial charge in [-0.05, 0) is 25.1 Å². The first-order valence-corrected chi connectivity index (χ1v) is 6.12. The van der Waals surface area contributed by atoms with Gasteiger partial charge in [0.1, 0.15) is 0 Å². The predicted octanol–water partition coefficient (Wildman–Crippen LogP) is 2.91. The Labute approximate surface area is 107 Å². The average Bonchev–Trinajstić information content (AvgIpc) is 2.39. The fourth-order valence-corrected chi connectivity index (χ4v) is 1.88. The number of pyridine rings is 1. The van der Waals surface area contributed by atoms with Gasteiger partial charge in [0.25, 0.3) is 0 Å². The van der Waals surface area contributed by atoms with Gasteiger partial charge in [-0.15, -0.1) is 6.58 Å². The number of para-hydroxylation sites is 1. The molecule has 18 heavy (non-hydrogen) atoms. The lowest BCUT2D eigenvalue weighted by molar-refractivity contribution is 0.313. The molecule has 0 aliphatic rings. The molecule has 0 bridgehead atoms. The molecule has 1 aromatic heterocycles. The molecule has 1 heterocycles. The molecule has 0 spiro atoms. The number of aromatic nitrogens is 1. The lowest BCUT2D eigenvalue weighted by Crippen LogP contribution is -2.07. The highest BCUT2D eigenvalue weighted by atomic mass is 16.5. The van der Waals surface area contributed by atoms with Crippen LogP contribution in [0.3, 0.4) is 0 Å². The van der Waals surface area contributed by atoms with Gasteiger partial charge in [0.05, 0.1) is 12.1 Å². The zero-order valence-electron chi connectivity index (χ0n) is 10.6. The minimum absolute atomic E-state index is 0.619. The number of rotatable bonds is 6. The van der Waals surface area contributed by atoms with Crippen LogP contribution in [-0.4, -0.2) is 18.6 Å². The van der Waals surface area contributed by atoms with Crippen LogP contribution in [-0.2, 0) is 6.54 Å². The molecule has 2 rings (SSSR count). The van der Waals surface area contributed by atoms with Gasteiger partial charge in [-0.1, -0.05) is 24.3 Å². The third-order valence-corrected chi connectivity index (χ3v) is 2.72. The molecule has 0 fully saturated rings. The van der Waals surface area contributed by atoms with Crippen LogP contribution in [0.15, 0.2) is 43.0 Å². The second-order valence-corrected chi connectivity index (χ2v) is 4.09. The van der Waals surface area contributed by atoms with E-state index in [1.54, 1.807) is 0 Å². The van der Waals surface area contributed by atoms with Gasteiger partial charge in [0, 0.05) is 18.0 Å². The third-order valence-electron chi connectivity index (χ3n) is 2.72. The summed E-state index contributed by atoms with van der Waals surface area (Å²) in [6.07, 6.45) is 2.67. The van der Waals surface area contributed by atoms with E-state index in [9.17, 15) is 0 Å². The Morgan fingerprint density at radius 1 is 1.39 bits per heavy atom. The van der Waals surface area contributed by atoms with Gasteiger partial charge >= 0.3 is 0 Å². The van der Waals surface area contributed by atoms with Gasteiger partial charge in [-0.3, -0.25) is 0 Å². The van der Waals surface area contributed by atoms with Crippen LogP contribution in [0.5, 0.6) is 5.88 Å². The highest BCUT2D eigenvalue weighted by molar-refractivity contribution is 5.82. The topological polar surface area (TPSA) is 34.1 Å².